The summed E-state index contributed by atoms with van der Waals surface area (Å²) in [6.45, 7) is 3.05. The van der Waals surface area contributed by atoms with Crippen LogP contribution in [0.1, 0.15) is 32.6 Å². The van der Waals surface area contributed by atoms with Crippen LogP contribution in [0.3, 0.4) is 0 Å². The average Bonchev–Trinajstić information content (AvgIpc) is 2.45. The molecule has 0 radical (unpaired) electrons. The molecule has 0 aliphatic rings. The van der Waals surface area contributed by atoms with Gasteiger partial charge in [-0.3, -0.25) is 4.79 Å². The number of carbonyl (C=O) groups excluding carboxylic acids is 1. The number of nitrogens with one attached hydrogen (secondary N) is 2. The SMILES string of the molecule is CCOc1ccc(NC(=O)NCCCCCC(=O)O)cc1. The number of carboxylic acids is 1. The predicted octanol–water partition coefficient (Wildman–Crippen LogP) is 2.85. The maximum absolute atomic E-state index is 11.6. The first-order valence-electron chi connectivity index (χ1n) is 7.11. The molecule has 0 aliphatic carbocycles. The van der Waals surface area contributed by atoms with E-state index in [0.717, 1.165) is 18.6 Å². The van der Waals surface area contributed by atoms with Crippen molar-refractivity contribution in [2.45, 2.75) is 32.6 Å². The van der Waals surface area contributed by atoms with E-state index in [1.807, 2.05) is 6.92 Å². The van der Waals surface area contributed by atoms with Crippen LogP contribution >= 0.6 is 0 Å². The summed E-state index contributed by atoms with van der Waals surface area (Å²) < 4.78 is 5.31. The van der Waals surface area contributed by atoms with Crippen LogP contribution < -0.4 is 15.4 Å². The highest BCUT2D eigenvalue weighted by Crippen LogP contribution is 2.15. The normalized spacial score (nSPS) is 9.95. The van der Waals surface area contributed by atoms with E-state index < -0.39 is 5.97 Å². The predicted molar refractivity (Wildman–Crippen MR) is 80.7 cm³/mol. The Morgan fingerprint density at radius 3 is 2.48 bits per heavy atom. The number of unbranched alkanes of at least 4 members (excludes halogenated alkanes) is 2. The zero-order valence-electron chi connectivity index (χ0n) is 12.2. The molecule has 1 rings (SSSR count). The van der Waals surface area contributed by atoms with Gasteiger partial charge < -0.3 is 20.5 Å². The second kappa shape index (κ2) is 9.63. The van der Waals surface area contributed by atoms with Crippen LogP contribution in [-0.2, 0) is 4.79 Å². The van der Waals surface area contributed by atoms with Crippen molar-refractivity contribution in [1.82, 2.24) is 5.32 Å². The number of hydrogen-bond donors (Lipinski definition) is 3. The van der Waals surface area contributed by atoms with E-state index in [2.05, 4.69) is 10.6 Å². The van der Waals surface area contributed by atoms with Crippen LogP contribution in [0, 0.1) is 0 Å². The highest BCUT2D eigenvalue weighted by atomic mass is 16.5. The fourth-order valence-corrected chi connectivity index (χ4v) is 1.76. The van der Waals surface area contributed by atoms with E-state index in [0.29, 0.717) is 25.3 Å². The molecule has 0 aromatic heterocycles. The number of anilines is 1. The summed E-state index contributed by atoms with van der Waals surface area (Å²) in [7, 11) is 0. The van der Waals surface area contributed by atoms with Crippen LogP contribution in [0.25, 0.3) is 0 Å². The first-order chi connectivity index (χ1) is 10.1. The molecule has 1 aromatic carbocycles. The minimum Gasteiger partial charge on any atom is -0.494 e. The Hall–Kier alpha value is -2.24. The van der Waals surface area contributed by atoms with Crippen molar-refractivity contribution in [1.29, 1.82) is 0 Å². The molecular formula is C15H22N2O4. The largest absolute Gasteiger partial charge is 0.494 e. The zero-order chi connectivity index (χ0) is 15.5. The van der Waals surface area contributed by atoms with Gasteiger partial charge in [0.15, 0.2) is 0 Å². The van der Waals surface area contributed by atoms with Crippen molar-refractivity contribution in [3.63, 3.8) is 0 Å². The highest BCUT2D eigenvalue weighted by Gasteiger charge is 2.02. The fourth-order valence-electron chi connectivity index (χ4n) is 1.76. The number of carbonyl (C=O) groups is 2. The maximum atomic E-state index is 11.6. The van der Waals surface area contributed by atoms with Crippen LogP contribution in [0.5, 0.6) is 5.75 Å². The van der Waals surface area contributed by atoms with Crippen LogP contribution in [0.2, 0.25) is 0 Å². The van der Waals surface area contributed by atoms with Crippen molar-refractivity contribution >= 4 is 17.7 Å². The zero-order valence-corrected chi connectivity index (χ0v) is 12.2. The number of benzene rings is 1. The second-order valence-corrected chi connectivity index (χ2v) is 4.54. The van der Waals surface area contributed by atoms with E-state index in [-0.39, 0.29) is 12.5 Å². The van der Waals surface area contributed by atoms with Gasteiger partial charge in [0.05, 0.1) is 6.61 Å². The van der Waals surface area contributed by atoms with Crippen molar-refractivity contribution in [2.24, 2.45) is 0 Å². The summed E-state index contributed by atoms with van der Waals surface area (Å²) in [5.74, 6) is -0.0157. The number of urea groups is 1. The number of hydrogen-bond acceptors (Lipinski definition) is 3. The van der Waals surface area contributed by atoms with Crippen LogP contribution in [0.15, 0.2) is 24.3 Å². The summed E-state index contributed by atoms with van der Waals surface area (Å²) in [6, 6.07) is 6.88. The Labute approximate surface area is 124 Å². The number of amides is 2. The van der Waals surface area contributed by atoms with E-state index in [9.17, 15) is 9.59 Å². The lowest BCUT2D eigenvalue weighted by molar-refractivity contribution is -0.137. The minimum absolute atomic E-state index is 0.179. The summed E-state index contributed by atoms with van der Waals surface area (Å²) in [5, 5.41) is 13.9. The lowest BCUT2D eigenvalue weighted by Gasteiger charge is -2.08. The average molecular weight is 294 g/mol. The molecule has 116 valence electrons. The quantitative estimate of drug-likeness (QED) is 0.611. The Morgan fingerprint density at radius 2 is 1.86 bits per heavy atom. The fraction of sp³-hybridized carbons (Fsp3) is 0.467. The van der Waals surface area contributed by atoms with Crippen molar-refractivity contribution in [2.75, 3.05) is 18.5 Å². The number of aliphatic carboxylic acids is 1. The minimum atomic E-state index is -0.781. The molecule has 0 atom stereocenters. The van der Waals surface area contributed by atoms with Crippen molar-refractivity contribution < 1.29 is 19.4 Å². The van der Waals surface area contributed by atoms with Gasteiger partial charge in [-0.2, -0.15) is 0 Å². The molecule has 0 saturated heterocycles. The molecule has 0 spiro atoms. The van der Waals surface area contributed by atoms with Crippen LogP contribution in [0.4, 0.5) is 10.5 Å². The number of rotatable bonds is 9. The molecule has 21 heavy (non-hydrogen) atoms. The van der Waals surface area contributed by atoms with Gasteiger partial charge in [0.25, 0.3) is 0 Å². The maximum Gasteiger partial charge on any atom is 0.319 e. The van der Waals surface area contributed by atoms with E-state index >= 15 is 0 Å². The molecule has 3 N–H and O–H groups in total. The number of ether oxygens (including phenoxy) is 1. The van der Waals surface area contributed by atoms with Crippen molar-refractivity contribution in [3.05, 3.63) is 24.3 Å². The van der Waals surface area contributed by atoms with Gasteiger partial charge >= 0.3 is 12.0 Å². The molecule has 0 bridgehead atoms. The topological polar surface area (TPSA) is 87.7 Å². The Kier molecular flexibility index (Phi) is 7.71. The van der Waals surface area contributed by atoms with Crippen LogP contribution in [-0.4, -0.2) is 30.3 Å². The van der Waals surface area contributed by atoms with Gasteiger partial charge in [0, 0.05) is 18.7 Å². The van der Waals surface area contributed by atoms with E-state index in [1.54, 1.807) is 24.3 Å². The number of carboxylic acid groups (broad SMARTS) is 1. The van der Waals surface area contributed by atoms with Gasteiger partial charge in [-0.1, -0.05) is 6.42 Å². The van der Waals surface area contributed by atoms with Gasteiger partial charge in [0.2, 0.25) is 0 Å². The molecular weight excluding hydrogens is 272 g/mol. The summed E-state index contributed by atoms with van der Waals surface area (Å²) in [5.41, 5.74) is 0.696. The van der Waals surface area contributed by atoms with Gasteiger partial charge in [-0.25, -0.2) is 4.79 Å². The highest BCUT2D eigenvalue weighted by molar-refractivity contribution is 5.89. The molecule has 0 saturated carbocycles. The smallest absolute Gasteiger partial charge is 0.319 e. The van der Waals surface area contributed by atoms with Crippen molar-refractivity contribution in [3.8, 4) is 5.75 Å². The Morgan fingerprint density at radius 1 is 1.14 bits per heavy atom. The molecule has 1 aromatic rings. The molecule has 6 heteroatoms. The second-order valence-electron chi connectivity index (χ2n) is 4.54. The molecule has 0 unspecified atom stereocenters. The molecule has 0 aliphatic heterocycles. The van der Waals surface area contributed by atoms with E-state index in [1.165, 1.54) is 0 Å². The lowest BCUT2D eigenvalue weighted by atomic mass is 10.2. The van der Waals surface area contributed by atoms with Gasteiger partial charge in [-0.15, -0.1) is 0 Å². The first-order valence-corrected chi connectivity index (χ1v) is 7.11. The molecule has 0 heterocycles. The third kappa shape index (κ3) is 7.81. The molecule has 0 fully saturated rings. The third-order valence-corrected chi connectivity index (χ3v) is 2.78. The Bertz CT molecular complexity index is 445. The summed E-state index contributed by atoms with van der Waals surface area (Å²) in [4.78, 5) is 21.9. The van der Waals surface area contributed by atoms with E-state index in [4.69, 9.17) is 9.84 Å². The standard InChI is InChI=1S/C15H22N2O4/c1-2-21-13-9-7-12(8-10-13)17-15(20)16-11-5-3-4-6-14(18)19/h7-10H,2-6,11H2,1H3,(H,18,19)(H2,16,17,20). The van der Waals surface area contributed by atoms with Gasteiger partial charge in [-0.05, 0) is 44.0 Å². The lowest BCUT2D eigenvalue weighted by Crippen LogP contribution is -2.29. The monoisotopic (exact) mass is 294 g/mol. The van der Waals surface area contributed by atoms with Gasteiger partial charge in [0.1, 0.15) is 5.75 Å². The third-order valence-electron chi connectivity index (χ3n) is 2.78. The summed E-state index contributed by atoms with van der Waals surface area (Å²) >= 11 is 0. The Balaban J connectivity index is 2.16. The first kappa shape index (κ1) is 16.8. The summed E-state index contributed by atoms with van der Waals surface area (Å²) in [6.07, 6.45) is 2.37. The molecule has 6 nitrogen and oxygen atoms in total. The molecule has 2 amide bonds.